The van der Waals surface area contributed by atoms with Gasteiger partial charge in [-0.3, -0.25) is 4.90 Å². The van der Waals surface area contributed by atoms with Crippen LogP contribution in [0.25, 0.3) is 0 Å². The molecule has 0 saturated carbocycles. The van der Waals surface area contributed by atoms with Gasteiger partial charge < -0.3 is 10.4 Å². The fourth-order valence-electron chi connectivity index (χ4n) is 2.05. The van der Waals surface area contributed by atoms with Crippen molar-refractivity contribution >= 4 is 5.82 Å². The number of hydrogen-bond donors (Lipinski definition) is 2. The predicted octanol–water partition coefficient (Wildman–Crippen LogP) is 1.08. The average molecular weight is 221 g/mol. The quantitative estimate of drug-likeness (QED) is 0.802. The summed E-state index contributed by atoms with van der Waals surface area (Å²) in [7, 11) is 1.88. The molecule has 0 aromatic carbocycles. The molecule has 1 fully saturated rings. The number of likely N-dealkylation sites (tertiary alicyclic amines) is 1. The van der Waals surface area contributed by atoms with E-state index in [0.29, 0.717) is 0 Å². The van der Waals surface area contributed by atoms with Crippen LogP contribution in [0, 0.1) is 0 Å². The van der Waals surface area contributed by atoms with E-state index >= 15 is 0 Å². The monoisotopic (exact) mass is 221 g/mol. The minimum atomic E-state index is -0.0958. The maximum Gasteiger partial charge on any atom is 0.125 e. The molecular formula is C12H19N3O. The third-order valence-electron chi connectivity index (χ3n) is 3.04. The normalized spacial score (nSPS) is 18.6. The van der Waals surface area contributed by atoms with Gasteiger partial charge in [0.25, 0.3) is 0 Å². The third kappa shape index (κ3) is 2.93. The Morgan fingerprint density at radius 3 is 2.94 bits per heavy atom. The number of hydrogen-bond acceptors (Lipinski definition) is 4. The van der Waals surface area contributed by atoms with Gasteiger partial charge in [-0.1, -0.05) is 0 Å². The molecule has 4 nitrogen and oxygen atoms in total. The van der Waals surface area contributed by atoms with Gasteiger partial charge in [0, 0.05) is 32.9 Å². The van der Waals surface area contributed by atoms with Crippen LogP contribution in [-0.2, 0) is 6.54 Å². The van der Waals surface area contributed by atoms with Gasteiger partial charge in [0.1, 0.15) is 5.82 Å². The smallest absolute Gasteiger partial charge is 0.125 e. The molecule has 1 aliphatic rings. The summed E-state index contributed by atoms with van der Waals surface area (Å²) in [6.45, 7) is 2.92. The van der Waals surface area contributed by atoms with Crippen LogP contribution in [0.4, 0.5) is 5.82 Å². The van der Waals surface area contributed by atoms with E-state index in [0.717, 1.165) is 38.3 Å². The number of aliphatic hydroxyl groups is 1. The molecule has 0 aliphatic carbocycles. The van der Waals surface area contributed by atoms with Crippen molar-refractivity contribution in [2.45, 2.75) is 25.5 Å². The van der Waals surface area contributed by atoms with Crippen LogP contribution in [0.2, 0.25) is 0 Å². The lowest BCUT2D eigenvalue weighted by molar-refractivity contribution is 0.0792. The first-order valence-electron chi connectivity index (χ1n) is 5.81. The van der Waals surface area contributed by atoms with E-state index in [-0.39, 0.29) is 6.10 Å². The van der Waals surface area contributed by atoms with Gasteiger partial charge in [-0.2, -0.15) is 0 Å². The molecule has 0 atom stereocenters. The summed E-state index contributed by atoms with van der Waals surface area (Å²) in [5.41, 5.74) is 1.27. The van der Waals surface area contributed by atoms with Gasteiger partial charge in [-0.25, -0.2) is 4.98 Å². The fraction of sp³-hybridized carbons (Fsp3) is 0.583. The summed E-state index contributed by atoms with van der Waals surface area (Å²) in [4.78, 5) is 6.57. The van der Waals surface area contributed by atoms with Gasteiger partial charge in [0.15, 0.2) is 0 Å². The number of aromatic nitrogens is 1. The molecule has 1 saturated heterocycles. The van der Waals surface area contributed by atoms with Gasteiger partial charge in [-0.15, -0.1) is 0 Å². The van der Waals surface area contributed by atoms with Crippen LogP contribution in [0.1, 0.15) is 18.4 Å². The number of pyridine rings is 1. The molecule has 4 heteroatoms. The molecule has 0 amide bonds. The van der Waals surface area contributed by atoms with E-state index in [1.807, 2.05) is 19.3 Å². The summed E-state index contributed by atoms with van der Waals surface area (Å²) in [5, 5.41) is 12.5. The van der Waals surface area contributed by atoms with Gasteiger partial charge in [0.2, 0.25) is 0 Å². The SMILES string of the molecule is CNc1cc(CN2CCC(O)CC2)ccn1. The lowest BCUT2D eigenvalue weighted by atomic mass is 10.1. The molecule has 88 valence electrons. The van der Waals surface area contributed by atoms with Crippen molar-refractivity contribution in [3.8, 4) is 0 Å². The Morgan fingerprint density at radius 1 is 1.50 bits per heavy atom. The molecule has 1 aromatic rings. The number of anilines is 1. The van der Waals surface area contributed by atoms with Crippen molar-refractivity contribution < 1.29 is 5.11 Å². The van der Waals surface area contributed by atoms with E-state index < -0.39 is 0 Å². The Bertz CT molecular complexity index is 335. The summed E-state index contributed by atoms with van der Waals surface area (Å²) in [6.07, 6.45) is 3.52. The molecule has 0 radical (unpaired) electrons. The number of rotatable bonds is 3. The Balaban J connectivity index is 1.93. The van der Waals surface area contributed by atoms with Crippen LogP contribution < -0.4 is 5.32 Å². The van der Waals surface area contributed by atoms with Crippen molar-refractivity contribution in [3.63, 3.8) is 0 Å². The number of aliphatic hydroxyl groups excluding tert-OH is 1. The number of piperidine rings is 1. The van der Waals surface area contributed by atoms with Gasteiger partial charge in [-0.05, 0) is 30.5 Å². The van der Waals surface area contributed by atoms with Crippen LogP contribution >= 0.6 is 0 Å². The minimum Gasteiger partial charge on any atom is -0.393 e. The summed E-state index contributed by atoms with van der Waals surface area (Å²) >= 11 is 0. The minimum absolute atomic E-state index is 0.0958. The molecule has 0 bridgehead atoms. The molecule has 16 heavy (non-hydrogen) atoms. The molecule has 1 aromatic heterocycles. The Kier molecular flexibility index (Phi) is 3.74. The highest BCUT2D eigenvalue weighted by Gasteiger charge is 2.16. The largest absolute Gasteiger partial charge is 0.393 e. The highest BCUT2D eigenvalue weighted by molar-refractivity contribution is 5.36. The van der Waals surface area contributed by atoms with Crippen LogP contribution in [0.15, 0.2) is 18.3 Å². The van der Waals surface area contributed by atoms with E-state index in [2.05, 4.69) is 21.3 Å². The molecule has 0 unspecified atom stereocenters. The van der Waals surface area contributed by atoms with E-state index in [1.54, 1.807) is 0 Å². The molecular weight excluding hydrogens is 202 g/mol. The Morgan fingerprint density at radius 2 is 2.25 bits per heavy atom. The maximum absolute atomic E-state index is 9.43. The lowest BCUT2D eigenvalue weighted by Crippen LogP contribution is -2.35. The lowest BCUT2D eigenvalue weighted by Gasteiger charge is -2.29. The van der Waals surface area contributed by atoms with E-state index in [9.17, 15) is 5.11 Å². The van der Waals surface area contributed by atoms with Crippen LogP contribution in [-0.4, -0.2) is 41.2 Å². The topological polar surface area (TPSA) is 48.4 Å². The molecule has 2 rings (SSSR count). The first-order chi connectivity index (χ1) is 7.78. The zero-order chi connectivity index (χ0) is 11.4. The zero-order valence-electron chi connectivity index (χ0n) is 9.69. The van der Waals surface area contributed by atoms with Gasteiger partial charge in [0.05, 0.1) is 6.10 Å². The third-order valence-corrected chi connectivity index (χ3v) is 3.04. The molecule has 1 aliphatic heterocycles. The predicted molar refractivity (Wildman–Crippen MR) is 64.3 cm³/mol. The van der Waals surface area contributed by atoms with Crippen molar-refractivity contribution in [2.75, 3.05) is 25.5 Å². The van der Waals surface area contributed by atoms with E-state index in [4.69, 9.17) is 0 Å². The summed E-state index contributed by atoms with van der Waals surface area (Å²) < 4.78 is 0. The van der Waals surface area contributed by atoms with Crippen molar-refractivity contribution in [1.82, 2.24) is 9.88 Å². The van der Waals surface area contributed by atoms with Crippen molar-refractivity contribution in [2.24, 2.45) is 0 Å². The molecule has 2 heterocycles. The van der Waals surface area contributed by atoms with Gasteiger partial charge >= 0.3 is 0 Å². The Hall–Kier alpha value is -1.13. The maximum atomic E-state index is 9.43. The Labute approximate surface area is 96.3 Å². The van der Waals surface area contributed by atoms with E-state index in [1.165, 1.54) is 5.56 Å². The van der Waals surface area contributed by atoms with Crippen LogP contribution in [0.5, 0.6) is 0 Å². The average Bonchev–Trinajstić information content (AvgIpc) is 2.32. The highest BCUT2D eigenvalue weighted by Crippen LogP contribution is 2.14. The first kappa shape index (κ1) is 11.4. The second kappa shape index (κ2) is 5.27. The fourth-order valence-corrected chi connectivity index (χ4v) is 2.05. The summed E-state index contributed by atoms with van der Waals surface area (Å²) in [6, 6.07) is 4.12. The second-order valence-corrected chi connectivity index (χ2v) is 4.31. The number of nitrogens with zero attached hydrogens (tertiary/aromatic N) is 2. The molecule has 2 N–H and O–H groups in total. The zero-order valence-corrected chi connectivity index (χ0v) is 9.69. The molecule has 0 spiro atoms. The first-order valence-corrected chi connectivity index (χ1v) is 5.81. The second-order valence-electron chi connectivity index (χ2n) is 4.31. The number of nitrogens with one attached hydrogen (secondary N) is 1. The summed E-state index contributed by atoms with van der Waals surface area (Å²) in [5.74, 6) is 0.912. The van der Waals surface area contributed by atoms with Crippen molar-refractivity contribution in [3.05, 3.63) is 23.9 Å². The standard InChI is InChI=1S/C12H19N3O/c1-13-12-8-10(2-5-14-12)9-15-6-3-11(16)4-7-15/h2,5,8,11,16H,3-4,6-7,9H2,1H3,(H,13,14). The highest BCUT2D eigenvalue weighted by atomic mass is 16.3. The van der Waals surface area contributed by atoms with Crippen LogP contribution in [0.3, 0.4) is 0 Å². The van der Waals surface area contributed by atoms with Crippen molar-refractivity contribution in [1.29, 1.82) is 0 Å².